The lowest BCUT2D eigenvalue weighted by Gasteiger charge is -2.39. The first-order chi connectivity index (χ1) is 10.5. The van der Waals surface area contributed by atoms with E-state index in [1.807, 2.05) is 0 Å². The third kappa shape index (κ3) is 2.59. The van der Waals surface area contributed by atoms with Gasteiger partial charge in [-0.15, -0.1) is 0 Å². The van der Waals surface area contributed by atoms with Crippen LogP contribution in [0.25, 0.3) is 0 Å². The summed E-state index contributed by atoms with van der Waals surface area (Å²) >= 11 is 0. The van der Waals surface area contributed by atoms with Crippen LogP contribution in [0.15, 0.2) is 48.5 Å². The summed E-state index contributed by atoms with van der Waals surface area (Å²) in [5.41, 5.74) is 6.17. The van der Waals surface area contributed by atoms with Crippen LogP contribution in [0.4, 0.5) is 0 Å². The molecule has 0 N–H and O–H groups in total. The van der Waals surface area contributed by atoms with Crippen molar-refractivity contribution < 1.29 is 0 Å². The largest absolute Gasteiger partial charge is 0.309 e. The van der Waals surface area contributed by atoms with Gasteiger partial charge in [0.05, 0.1) is 0 Å². The van der Waals surface area contributed by atoms with Gasteiger partial charge in [-0.25, -0.2) is 0 Å². The lowest BCUT2D eigenvalue weighted by Crippen LogP contribution is -2.29. The number of hydrogen-bond donors (Lipinski definition) is 0. The van der Waals surface area contributed by atoms with Gasteiger partial charge in [-0.3, -0.25) is 0 Å². The van der Waals surface area contributed by atoms with Gasteiger partial charge in [-0.2, -0.15) is 0 Å². The molecule has 0 spiro atoms. The number of nitrogens with zero attached hydrogens (tertiary/aromatic N) is 1. The molecular formula is C21H27N. The summed E-state index contributed by atoms with van der Waals surface area (Å²) in [5.74, 6) is 0.542. The van der Waals surface area contributed by atoms with Crippen molar-refractivity contribution in [1.82, 2.24) is 4.90 Å². The number of hydrogen-bond acceptors (Lipinski definition) is 1. The van der Waals surface area contributed by atoms with Crippen LogP contribution in [-0.2, 0) is 5.41 Å². The van der Waals surface area contributed by atoms with Crippen molar-refractivity contribution in [3.8, 4) is 0 Å². The zero-order valence-electron chi connectivity index (χ0n) is 14.3. The minimum absolute atomic E-state index is 0.102. The molecule has 0 bridgehead atoms. The molecule has 0 unspecified atom stereocenters. The summed E-state index contributed by atoms with van der Waals surface area (Å²) in [4.78, 5) is 2.28. The van der Waals surface area contributed by atoms with E-state index in [0.29, 0.717) is 5.92 Å². The Balaban J connectivity index is 2.04. The summed E-state index contributed by atoms with van der Waals surface area (Å²) in [7, 11) is 4.32. The van der Waals surface area contributed by atoms with E-state index >= 15 is 0 Å². The molecule has 1 aliphatic carbocycles. The van der Waals surface area contributed by atoms with Crippen molar-refractivity contribution in [3.63, 3.8) is 0 Å². The van der Waals surface area contributed by atoms with Crippen LogP contribution in [-0.4, -0.2) is 25.5 Å². The summed E-state index contributed by atoms with van der Waals surface area (Å²) < 4.78 is 0. The molecule has 0 aliphatic heterocycles. The third-order valence-electron chi connectivity index (χ3n) is 5.12. The Labute approximate surface area is 135 Å². The Hall–Kier alpha value is -1.60. The van der Waals surface area contributed by atoms with Crippen molar-refractivity contribution in [2.24, 2.45) is 0 Å². The number of rotatable bonds is 4. The van der Waals surface area contributed by atoms with E-state index in [1.54, 1.807) is 0 Å². The van der Waals surface area contributed by atoms with Crippen molar-refractivity contribution in [2.75, 3.05) is 20.6 Å². The lowest BCUT2D eigenvalue weighted by atomic mass is 9.64. The maximum atomic E-state index is 2.36. The van der Waals surface area contributed by atoms with Gasteiger partial charge in [0.1, 0.15) is 0 Å². The van der Waals surface area contributed by atoms with E-state index in [2.05, 4.69) is 81.4 Å². The van der Waals surface area contributed by atoms with E-state index in [1.165, 1.54) is 35.1 Å². The average molecular weight is 293 g/mol. The van der Waals surface area contributed by atoms with Crippen LogP contribution >= 0.6 is 0 Å². The molecule has 0 saturated heterocycles. The maximum Gasteiger partial charge on any atom is 0.0152 e. The molecule has 0 saturated carbocycles. The second kappa shape index (κ2) is 5.89. The Kier molecular flexibility index (Phi) is 4.10. The summed E-state index contributed by atoms with van der Waals surface area (Å²) in [6.45, 7) is 5.88. The molecule has 0 radical (unpaired) electrons. The van der Waals surface area contributed by atoms with Crippen LogP contribution in [0.1, 0.15) is 54.9 Å². The number of benzene rings is 2. The van der Waals surface area contributed by atoms with Crippen LogP contribution in [0, 0.1) is 0 Å². The normalized spacial score (nSPS) is 16.4. The molecule has 2 aromatic carbocycles. The van der Waals surface area contributed by atoms with E-state index in [4.69, 9.17) is 0 Å². The monoisotopic (exact) mass is 293 g/mol. The van der Waals surface area contributed by atoms with E-state index in [-0.39, 0.29) is 5.41 Å². The molecule has 0 fully saturated rings. The highest BCUT2D eigenvalue weighted by Crippen LogP contribution is 2.47. The van der Waals surface area contributed by atoms with Crippen molar-refractivity contribution in [1.29, 1.82) is 0 Å². The van der Waals surface area contributed by atoms with Crippen LogP contribution in [0.5, 0.6) is 0 Å². The zero-order valence-corrected chi connectivity index (χ0v) is 14.3. The molecule has 2 aromatic rings. The van der Waals surface area contributed by atoms with Crippen molar-refractivity contribution in [2.45, 2.75) is 38.0 Å². The van der Waals surface area contributed by atoms with Gasteiger partial charge in [0.15, 0.2) is 0 Å². The van der Waals surface area contributed by atoms with Gasteiger partial charge in [0, 0.05) is 11.3 Å². The molecule has 22 heavy (non-hydrogen) atoms. The molecule has 0 atom stereocenters. The van der Waals surface area contributed by atoms with Gasteiger partial charge in [-0.05, 0) is 55.7 Å². The number of fused-ring (bicyclic) bond motifs is 2. The minimum atomic E-state index is 0.102. The Morgan fingerprint density at radius 1 is 0.864 bits per heavy atom. The highest BCUT2D eigenvalue weighted by molar-refractivity contribution is 5.55. The fraction of sp³-hybridized carbons (Fsp3) is 0.429. The van der Waals surface area contributed by atoms with Crippen molar-refractivity contribution >= 4 is 0 Å². The quantitative estimate of drug-likeness (QED) is 0.782. The van der Waals surface area contributed by atoms with E-state index in [9.17, 15) is 0 Å². The standard InChI is InChI=1S/C21H27N/c1-21(2)19-13-7-5-10-17(19)16(12-9-15-22(3)4)18-11-6-8-14-20(18)21/h5-8,10-11,13-14,16H,9,12,15H2,1-4H3. The average Bonchev–Trinajstić information content (AvgIpc) is 2.51. The first kappa shape index (κ1) is 15.3. The molecule has 1 aliphatic rings. The van der Waals surface area contributed by atoms with Gasteiger partial charge in [0.2, 0.25) is 0 Å². The van der Waals surface area contributed by atoms with Crippen molar-refractivity contribution in [3.05, 3.63) is 70.8 Å². The second-order valence-electron chi connectivity index (χ2n) is 7.30. The summed E-state index contributed by atoms with van der Waals surface area (Å²) in [5, 5.41) is 0. The van der Waals surface area contributed by atoms with E-state index < -0.39 is 0 Å². The highest BCUT2D eigenvalue weighted by Gasteiger charge is 2.36. The molecule has 1 heteroatoms. The molecule has 3 rings (SSSR count). The highest BCUT2D eigenvalue weighted by atomic mass is 15.0. The topological polar surface area (TPSA) is 3.24 Å². The van der Waals surface area contributed by atoms with Crippen LogP contribution < -0.4 is 0 Å². The molecule has 1 nitrogen and oxygen atoms in total. The predicted octanol–water partition coefficient (Wildman–Crippen LogP) is 4.80. The van der Waals surface area contributed by atoms with Gasteiger partial charge in [-0.1, -0.05) is 62.4 Å². The lowest BCUT2D eigenvalue weighted by molar-refractivity contribution is 0.387. The van der Waals surface area contributed by atoms with Crippen LogP contribution in [0.3, 0.4) is 0 Å². The summed E-state index contributed by atoms with van der Waals surface area (Å²) in [6, 6.07) is 18.1. The molecule has 0 aromatic heterocycles. The van der Waals surface area contributed by atoms with E-state index in [0.717, 1.165) is 6.54 Å². The fourth-order valence-electron chi connectivity index (χ4n) is 3.98. The van der Waals surface area contributed by atoms with Gasteiger partial charge in [0.25, 0.3) is 0 Å². The Morgan fingerprint density at radius 3 is 1.86 bits per heavy atom. The first-order valence-electron chi connectivity index (χ1n) is 8.35. The predicted molar refractivity (Wildman–Crippen MR) is 94.6 cm³/mol. The molecule has 116 valence electrons. The maximum absolute atomic E-state index is 2.36. The smallest absolute Gasteiger partial charge is 0.0152 e. The SMILES string of the molecule is CN(C)CCCC1c2ccccc2C(C)(C)c2ccccc21. The Morgan fingerprint density at radius 2 is 1.36 bits per heavy atom. The van der Waals surface area contributed by atoms with Crippen LogP contribution in [0.2, 0.25) is 0 Å². The van der Waals surface area contributed by atoms with Gasteiger partial charge >= 0.3 is 0 Å². The van der Waals surface area contributed by atoms with Gasteiger partial charge < -0.3 is 4.90 Å². The Bertz CT molecular complexity index is 605. The summed E-state index contributed by atoms with van der Waals surface area (Å²) in [6.07, 6.45) is 2.46. The minimum Gasteiger partial charge on any atom is -0.309 e. The molecular weight excluding hydrogens is 266 g/mol. The molecule has 0 heterocycles. The first-order valence-corrected chi connectivity index (χ1v) is 8.35. The second-order valence-corrected chi connectivity index (χ2v) is 7.30. The third-order valence-corrected chi connectivity index (χ3v) is 5.12. The molecule has 0 amide bonds. The fourth-order valence-corrected chi connectivity index (χ4v) is 3.98. The zero-order chi connectivity index (χ0) is 15.7.